The highest BCUT2D eigenvalue weighted by atomic mass is 16.3. The van der Waals surface area contributed by atoms with Crippen molar-refractivity contribution in [2.45, 2.75) is 90.4 Å². The molecule has 2 aromatic carbocycles. The largest absolute Gasteiger partial charge is 0.505 e. The fourth-order valence-corrected chi connectivity index (χ4v) is 8.69. The number of benzene rings is 2. The fourth-order valence-electron chi connectivity index (χ4n) is 8.69. The number of anilines is 2. The molecule has 4 saturated carbocycles. The molecule has 5 fully saturated rings. The van der Waals surface area contributed by atoms with Gasteiger partial charge in [-0.15, -0.1) is 0 Å². The molecule has 0 spiro atoms. The van der Waals surface area contributed by atoms with E-state index in [1.165, 1.54) is 66.5 Å². The molecule has 0 atom stereocenters. The average Bonchev–Trinajstić information content (AvgIpc) is 3.28. The van der Waals surface area contributed by atoms with Gasteiger partial charge in [0, 0.05) is 24.3 Å². The molecule has 5 aliphatic rings. The first-order valence-corrected chi connectivity index (χ1v) is 14.2. The van der Waals surface area contributed by atoms with Gasteiger partial charge in [-0.3, -0.25) is 0 Å². The number of aryl methyl sites for hydroxylation is 1. The lowest BCUT2D eigenvalue weighted by Crippen LogP contribution is -2.48. The quantitative estimate of drug-likeness (QED) is 0.483. The Morgan fingerprint density at radius 2 is 1.37 bits per heavy atom. The van der Waals surface area contributed by atoms with Crippen LogP contribution in [0.25, 0.3) is 0 Å². The van der Waals surface area contributed by atoms with Crippen LogP contribution in [0.1, 0.15) is 100 Å². The summed E-state index contributed by atoms with van der Waals surface area (Å²) in [6.45, 7) is 14.3. The van der Waals surface area contributed by atoms with Crippen molar-refractivity contribution in [2.24, 2.45) is 17.8 Å². The summed E-state index contributed by atoms with van der Waals surface area (Å²) in [5.74, 6) is 4.22. The molecule has 7 rings (SSSR count). The van der Waals surface area contributed by atoms with Crippen LogP contribution < -0.4 is 9.80 Å². The fraction of sp³-hybridized carbons (Fsp3) is 0.625. The van der Waals surface area contributed by atoms with Crippen molar-refractivity contribution >= 4 is 11.4 Å². The van der Waals surface area contributed by atoms with Crippen LogP contribution in [0.5, 0.6) is 5.75 Å². The van der Waals surface area contributed by atoms with Crippen LogP contribution in [0, 0.1) is 24.7 Å². The molecule has 1 heterocycles. The normalized spacial score (nSPS) is 29.7. The van der Waals surface area contributed by atoms with Crippen LogP contribution in [0.2, 0.25) is 0 Å². The number of rotatable bonds is 5. The van der Waals surface area contributed by atoms with E-state index in [9.17, 15) is 5.11 Å². The number of aromatic hydroxyl groups is 1. The van der Waals surface area contributed by atoms with Crippen molar-refractivity contribution in [2.75, 3.05) is 29.6 Å². The third kappa shape index (κ3) is 3.85. The third-order valence-electron chi connectivity index (χ3n) is 9.82. The first-order valence-electron chi connectivity index (χ1n) is 14.2. The van der Waals surface area contributed by atoms with Gasteiger partial charge in [-0.05, 0) is 103 Å². The molecule has 4 aliphatic carbocycles. The number of phenols is 1. The second-order valence-electron chi connectivity index (χ2n) is 13.1. The Morgan fingerprint density at radius 3 is 1.91 bits per heavy atom. The van der Waals surface area contributed by atoms with Gasteiger partial charge in [-0.2, -0.15) is 0 Å². The molecule has 188 valence electrons. The molecule has 0 radical (unpaired) electrons. The highest BCUT2D eigenvalue weighted by Gasteiger charge is 2.52. The van der Waals surface area contributed by atoms with E-state index in [4.69, 9.17) is 0 Å². The molecule has 0 aromatic heterocycles. The predicted octanol–water partition coefficient (Wildman–Crippen LogP) is 7.70. The van der Waals surface area contributed by atoms with Gasteiger partial charge in [0.25, 0.3) is 0 Å². The van der Waals surface area contributed by atoms with Crippen molar-refractivity contribution < 1.29 is 5.11 Å². The highest BCUT2D eigenvalue weighted by Crippen LogP contribution is 2.62. The van der Waals surface area contributed by atoms with Crippen LogP contribution >= 0.6 is 0 Å². The lowest BCUT2D eigenvalue weighted by molar-refractivity contribution is -0.00613. The number of hydrogen-bond donors (Lipinski definition) is 1. The van der Waals surface area contributed by atoms with Crippen LogP contribution in [0.3, 0.4) is 0 Å². The van der Waals surface area contributed by atoms with Gasteiger partial charge in [0.05, 0.1) is 12.4 Å². The van der Waals surface area contributed by atoms with E-state index in [2.05, 4.69) is 74.8 Å². The lowest BCUT2D eigenvalue weighted by atomic mass is 9.48. The van der Waals surface area contributed by atoms with Crippen molar-refractivity contribution in [3.05, 3.63) is 52.6 Å². The van der Waals surface area contributed by atoms with E-state index in [0.717, 1.165) is 43.2 Å². The van der Waals surface area contributed by atoms with Crippen molar-refractivity contribution in [3.8, 4) is 5.75 Å². The Hall–Kier alpha value is -2.16. The van der Waals surface area contributed by atoms with Gasteiger partial charge < -0.3 is 14.9 Å². The smallest absolute Gasteiger partial charge is 0.142 e. The molecule has 0 unspecified atom stereocenters. The summed E-state index contributed by atoms with van der Waals surface area (Å²) in [7, 11) is 0. The zero-order chi connectivity index (χ0) is 24.5. The molecule has 1 saturated heterocycles. The minimum Gasteiger partial charge on any atom is -0.505 e. The average molecular weight is 473 g/mol. The van der Waals surface area contributed by atoms with E-state index in [1.807, 2.05) is 0 Å². The molecule has 0 amide bonds. The molecule has 1 N–H and O–H groups in total. The molecule has 1 aliphatic heterocycles. The maximum absolute atomic E-state index is 11.8. The monoisotopic (exact) mass is 472 g/mol. The van der Waals surface area contributed by atoms with Crippen molar-refractivity contribution in [1.82, 2.24) is 0 Å². The van der Waals surface area contributed by atoms with Crippen LogP contribution in [0.15, 0.2) is 30.3 Å². The maximum atomic E-state index is 11.8. The Balaban J connectivity index is 1.34. The summed E-state index contributed by atoms with van der Waals surface area (Å²) in [6, 6.07) is 11.4. The molecule has 2 aromatic rings. The predicted molar refractivity (Wildman–Crippen MR) is 147 cm³/mol. The Morgan fingerprint density at radius 1 is 0.829 bits per heavy atom. The zero-order valence-corrected chi connectivity index (χ0v) is 22.5. The van der Waals surface area contributed by atoms with E-state index >= 15 is 0 Å². The van der Waals surface area contributed by atoms with Gasteiger partial charge >= 0.3 is 0 Å². The maximum Gasteiger partial charge on any atom is 0.142 e. The Kier molecular flexibility index (Phi) is 5.62. The molecule has 35 heavy (non-hydrogen) atoms. The number of hydrogen-bond acceptors (Lipinski definition) is 3. The van der Waals surface area contributed by atoms with Crippen molar-refractivity contribution in [1.29, 1.82) is 0 Å². The summed E-state index contributed by atoms with van der Waals surface area (Å²) in [5.41, 5.74) is 8.16. The Bertz CT molecular complexity index is 1060. The van der Waals surface area contributed by atoms with Crippen molar-refractivity contribution in [3.63, 3.8) is 0 Å². The standard InChI is InChI=1S/C32H44N2O/c1-20(2)26-7-6-8-27(21(3)4)30(26)34-10-9-33(19-34)29-12-22(5)11-28(31(29)35)32-16-23-13-24(17-32)15-25(14-23)18-32/h6-8,11-12,20-21,23-25,35H,9-10,13-19H2,1-5H3. The second-order valence-corrected chi connectivity index (χ2v) is 13.1. The molecular weight excluding hydrogens is 428 g/mol. The number of para-hydroxylation sites is 1. The minimum atomic E-state index is 0.216. The van der Waals surface area contributed by atoms with Gasteiger partial charge in [0.2, 0.25) is 0 Å². The first-order chi connectivity index (χ1) is 16.7. The first kappa shape index (κ1) is 23.3. The SMILES string of the molecule is Cc1cc(N2CCN(c3c(C(C)C)cccc3C(C)C)C2)c(O)c(C23CC4CC(CC(C4)C2)C3)c1. The number of nitrogens with zero attached hydrogens (tertiary/aromatic N) is 2. The highest BCUT2D eigenvalue weighted by molar-refractivity contribution is 5.69. The number of phenolic OH excluding ortho intramolecular Hbond substituents is 1. The van der Waals surface area contributed by atoms with Crippen LogP contribution in [-0.4, -0.2) is 24.9 Å². The summed E-state index contributed by atoms with van der Waals surface area (Å²) >= 11 is 0. The van der Waals surface area contributed by atoms with E-state index < -0.39 is 0 Å². The van der Waals surface area contributed by atoms with Gasteiger partial charge in [0.1, 0.15) is 5.75 Å². The van der Waals surface area contributed by atoms with Gasteiger partial charge in [0.15, 0.2) is 0 Å². The van der Waals surface area contributed by atoms with Gasteiger partial charge in [-0.25, -0.2) is 0 Å². The summed E-state index contributed by atoms with van der Waals surface area (Å²) < 4.78 is 0. The lowest BCUT2D eigenvalue weighted by Gasteiger charge is -2.57. The summed E-state index contributed by atoms with van der Waals surface area (Å²) in [6.07, 6.45) is 8.19. The summed E-state index contributed by atoms with van der Waals surface area (Å²) in [4.78, 5) is 5.00. The van der Waals surface area contributed by atoms with Crippen LogP contribution in [0.4, 0.5) is 11.4 Å². The van der Waals surface area contributed by atoms with E-state index in [0.29, 0.717) is 17.6 Å². The second kappa shape index (κ2) is 8.46. The zero-order valence-electron chi connectivity index (χ0n) is 22.5. The molecule has 4 bridgehead atoms. The van der Waals surface area contributed by atoms with Gasteiger partial charge in [-0.1, -0.05) is 52.0 Å². The molecular formula is C32H44N2O. The van der Waals surface area contributed by atoms with Crippen LogP contribution in [-0.2, 0) is 5.41 Å². The molecule has 3 heteroatoms. The topological polar surface area (TPSA) is 26.7 Å². The minimum absolute atomic E-state index is 0.216. The van der Waals surface area contributed by atoms with E-state index in [-0.39, 0.29) is 5.41 Å². The van der Waals surface area contributed by atoms with E-state index in [1.54, 1.807) is 0 Å². The Labute approximate surface area is 212 Å². The molecule has 3 nitrogen and oxygen atoms in total. The summed E-state index contributed by atoms with van der Waals surface area (Å²) in [5, 5.41) is 11.8. The third-order valence-corrected chi connectivity index (χ3v) is 9.82.